The molecule has 0 radical (unpaired) electrons. The molecule has 6 nitrogen and oxygen atoms in total. The maximum absolute atomic E-state index is 11.2. The molecule has 144 valence electrons. The molecule has 4 rings (SSSR count). The zero-order valence-corrected chi connectivity index (χ0v) is 15.1. The average molecular weight is 380 g/mol. The summed E-state index contributed by atoms with van der Waals surface area (Å²) >= 11 is 0. The molecule has 0 unspecified atom stereocenters. The van der Waals surface area contributed by atoms with Crippen molar-refractivity contribution in [3.05, 3.63) is 76.9 Å². The second kappa shape index (κ2) is 6.65. The number of aryl methyl sites for hydroxylation is 1. The van der Waals surface area contributed by atoms with Gasteiger partial charge in [0.05, 0.1) is 0 Å². The zero-order chi connectivity index (χ0) is 20.0. The van der Waals surface area contributed by atoms with Crippen LogP contribution in [0, 0.1) is 6.92 Å². The fraction of sp³-hybridized carbons (Fsp3) is 0.182. The van der Waals surface area contributed by atoms with Crippen LogP contribution >= 0.6 is 0 Å². The second-order valence-corrected chi connectivity index (χ2v) is 7.02. The Bertz CT molecular complexity index is 1000. The van der Waals surface area contributed by atoms with Crippen LogP contribution in [0.5, 0.6) is 28.7 Å². The fourth-order valence-electron chi connectivity index (χ4n) is 3.87. The molecule has 3 aromatic rings. The molecule has 3 atom stereocenters. The van der Waals surface area contributed by atoms with E-state index in [0.717, 1.165) is 0 Å². The van der Waals surface area contributed by atoms with Crippen LogP contribution in [-0.2, 0) is 0 Å². The molecule has 0 amide bonds. The SMILES string of the molecule is Cc1cc(O)cc(O)c1[C@H]1c2ccc(O)cc2O[C@H](c2ccc(O)cc2)[C@H]1O. The average Bonchev–Trinajstić information content (AvgIpc) is 2.63. The van der Waals surface area contributed by atoms with Crippen molar-refractivity contribution in [1.82, 2.24) is 0 Å². The zero-order valence-electron chi connectivity index (χ0n) is 15.1. The van der Waals surface area contributed by atoms with Crippen LogP contribution in [0.2, 0.25) is 0 Å². The molecule has 0 saturated carbocycles. The van der Waals surface area contributed by atoms with Crippen LogP contribution < -0.4 is 4.74 Å². The lowest BCUT2D eigenvalue weighted by molar-refractivity contribution is 0.00775. The normalized spacial score (nSPS) is 21.0. The number of aromatic hydroxyl groups is 4. The molecule has 5 N–H and O–H groups in total. The van der Waals surface area contributed by atoms with Gasteiger partial charge in [-0.3, -0.25) is 0 Å². The lowest BCUT2D eigenvalue weighted by Crippen LogP contribution is -2.35. The number of fused-ring (bicyclic) bond motifs is 1. The summed E-state index contributed by atoms with van der Waals surface area (Å²) in [4.78, 5) is 0. The van der Waals surface area contributed by atoms with Crippen molar-refractivity contribution in [3.63, 3.8) is 0 Å². The maximum Gasteiger partial charge on any atom is 0.150 e. The van der Waals surface area contributed by atoms with Crippen molar-refractivity contribution in [1.29, 1.82) is 0 Å². The van der Waals surface area contributed by atoms with Crippen LogP contribution in [0.15, 0.2) is 54.6 Å². The molecule has 0 saturated heterocycles. The summed E-state index contributed by atoms with van der Waals surface area (Å²) in [6.45, 7) is 1.74. The van der Waals surface area contributed by atoms with Crippen LogP contribution in [0.3, 0.4) is 0 Å². The van der Waals surface area contributed by atoms with Crippen LogP contribution in [0.4, 0.5) is 0 Å². The maximum atomic E-state index is 11.2. The Labute approximate surface area is 161 Å². The lowest BCUT2D eigenvalue weighted by atomic mass is 9.78. The molecule has 0 bridgehead atoms. The number of phenolic OH excluding ortho intramolecular Hbond substituents is 4. The van der Waals surface area contributed by atoms with Crippen molar-refractivity contribution in [2.75, 3.05) is 0 Å². The van der Waals surface area contributed by atoms with Gasteiger partial charge in [-0.25, -0.2) is 0 Å². The Morgan fingerprint density at radius 2 is 1.46 bits per heavy atom. The largest absolute Gasteiger partial charge is 0.508 e. The first-order valence-corrected chi connectivity index (χ1v) is 8.84. The first kappa shape index (κ1) is 18.0. The standard InChI is InChI=1S/C22H20O6/c1-11-8-15(25)9-17(26)19(11)20-16-7-6-14(24)10-18(16)28-22(21(20)27)12-2-4-13(23)5-3-12/h2-10,20-27H,1H3/t20-,21+,22-/m1/s1. The summed E-state index contributed by atoms with van der Waals surface area (Å²) in [6, 6.07) is 13.7. The summed E-state index contributed by atoms with van der Waals surface area (Å²) < 4.78 is 5.98. The molecule has 1 aliphatic rings. The van der Waals surface area contributed by atoms with Gasteiger partial charge in [-0.2, -0.15) is 0 Å². The van der Waals surface area contributed by atoms with E-state index in [-0.39, 0.29) is 23.0 Å². The summed E-state index contributed by atoms with van der Waals surface area (Å²) in [7, 11) is 0. The van der Waals surface area contributed by atoms with Crippen molar-refractivity contribution in [2.45, 2.75) is 25.0 Å². The Morgan fingerprint density at radius 1 is 0.786 bits per heavy atom. The molecule has 0 fully saturated rings. The van der Waals surface area contributed by atoms with Gasteiger partial charge in [0.15, 0.2) is 6.10 Å². The first-order chi connectivity index (χ1) is 13.3. The van der Waals surface area contributed by atoms with Gasteiger partial charge in [-0.1, -0.05) is 18.2 Å². The van der Waals surface area contributed by atoms with E-state index in [1.807, 2.05) is 0 Å². The highest BCUT2D eigenvalue weighted by atomic mass is 16.5. The molecule has 0 spiro atoms. The van der Waals surface area contributed by atoms with Gasteiger partial charge in [0, 0.05) is 29.2 Å². The Kier molecular flexibility index (Phi) is 4.28. The summed E-state index contributed by atoms with van der Waals surface area (Å²) in [5, 5.41) is 50.9. The lowest BCUT2D eigenvalue weighted by Gasteiger charge is -2.38. The molecule has 0 aromatic heterocycles. The highest BCUT2D eigenvalue weighted by Crippen LogP contribution is 2.49. The van der Waals surface area contributed by atoms with E-state index in [1.54, 1.807) is 25.1 Å². The van der Waals surface area contributed by atoms with Gasteiger partial charge < -0.3 is 30.3 Å². The number of phenols is 4. The topological polar surface area (TPSA) is 110 Å². The third-order valence-corrected chi connectivity index (χ3v) is 5.12. The fourth-order valence-corrected chi connectivity index (χ4v) is 3.87. The van der Waals surface area contributed by atoms with Gasteiger partial charge in [0.1, 0.15) is 34.9 Å². The predicted molar refractivity (Wildman–Crippen MR) is 102 cm³/mol. The Hall–Kier alpha value is -3.38. The molecule has 3 aromatic carbocycles. The smallest absolute Gasteiger partial charge is 0.150 e. The summed E-state index contributed by atoms with van der Waals surface area (Å²) in [5.41, 5.74) is 2.35. The number of ether oxygens (including phenoxy) is 1. The molecule has 1 heterocycles. The number of hydrogen-bond donors (Lipinski definition) is 5. The number of aliphatic hydroxyl groups excluding tert-OH is 1. The quantitative estimate of drug-likeness (QED) is 0.466. The monoisotopic (exact) mass is 380 g/mol. The van der Waals surface area contributed by atoms with Crippen molar-refractivity contribution in [3.8, 4) is 28.7 Å². The molecule has 6 heteroatoms. The molecular formula is C22H20O6. The molecule has 28 heavy (non-hydrogen) atoms. The van der Waals surface area contributed by atoms with Crippen LogP contribution in [-0.4, -0.2) is 31.6 Å². The molecule has 0 aliphatic carbocycles. The van der Waals surface area contributed by atoms with E-state index in [9.17, 15) is 25.5 Å². The van der Waals surface area contributed by atoms with Gasteiger partial charge in [0.25, 0.3) is 0 Å². The van der Waals surface area contributed by atoms with E-state index < -0.39 is 18.1 Å². The van der Waals surface area contributed by atoms with E-state index in [4.69, 9.17) is 4.74 Å². The summed E-state index contributed by atoms with van der Waals surface area (Å²) in [5.74, 6) is -0.349. The van der Waals surface area contributed by atoms with E-state index in [2.05, 4.69) is 0 Å². The van der Waals surface area contributed by atoms with Crippen molar-refractivity contribution < 1.29 is 30.3 Å². The van der Waals surface area contributed by atoms with Gasteiger partial charge in [-0.15, -0.1) is 0 Å². The molecule has 1 aliphatic heterocycles. The number of aliphatic hydroxyl groups is 1. The van der Waals surface area contributed by atoms with Gasteiger partial charge >= 0.3 is 0 Å². The minimum atomic E-state index is -1.06. The second-order valence-electron chi connectivity index (χ2n) is 7.02. The van der Waals surface area contributed by atoms with E-state index in [1.165, 1.54) is 36.4 Å². The predicted octanol–water partition coefficient (Wildman–Crippen LogP) is 3.44. The number of rotatable bonds is 2. The van der Waals surface area contributed by atoms with Crippen molar-refractivity contribution >= 4 is 0 Å². The van der Waals surface area contributed by atoms with E-state index in [0.29, 0.717) is 28.0 Å². The third-order valence-electron chi connectivity index (χ3n) is 5.12. The Balaban J connectivity index is 1.90. The molecular weight excluding hydrogens is 360 g/mol. The minimum absolute atomic E-state index is 0.0185. The third kappa shape index (κ3) is 2.97. The highest BCUT2D eigenvalue weighted by molar-refractivity contribution is 5.56. The van der Waals surface area contributed by atoms with Crippen LogP contribution in [0.25, 0.3) is 0 Å². The minimum Gasteiger partial charge on any atom is -0.508 e. The van der Waals surface area contributed by atoms with Gasteiger partial charge in [0.2, 0.25) is 0 Å². The number of benzene rings is 3. The number of hydrogen-bond acceptors (Lipinski definition) is 6. The summed E-state index contributed by atoms with van der Waals surface area (Å²) in [6.07, 6.45) is -1.84. The van der Waals surface area contributed by atoms with Crippen molar-refractivity contribution in [2.24, 2.45) is 0 Å². The highest BCUT2D eigenvalue weighted by Gasteiger charge is 2.41. The van der Waals surface area contributed by atoms with Crippen LogP contribution in [0.1, 0.15) is 34.3 Å². The Morgan fingerprint density at radius 3 is 2.14 bits per heavy atom. The first-order valence-electron chi connectivity index (χ1n) is 8.84. The van der Waals surface area contributed by atoms with Gasteiger partial charge in [-0.05, 0) is 42.3 Å². The van der Waals surface area contributed by atoms with E-state index >= 15 is 0 Å².